The number of esters is 1. The summed E-state index contributed by atoms with van der Waals surface area (Å²) in [7, 11) is -2.49. The second-order valence-electron chi connectivity index (χ2n) is 7.17. The molecule has 1 amide bonds. The second kappa shape index (κ2) is 11.0. The zero-order valence-corrected chi connectivity index (χ0v) is 20.0. The van der Waals surface area contributed by atoms with Crippen molar-refractivity contribution < 1.29 is 22.7 Å². The van der Waals surface area contributed by atoms with Gasteiger partial charge in [0.05, 0.1) is 27.7 Å². The minimum atomic E-state index is -4.05. The fraction of sp³-hybridized carbons (Fsp3) is 0.120. The van der Waals surface area contributed by atoms with Crippen molar-refractivity contribution in [3.8, 4) is 0 Å². The summed E-state index contributed by atoms with van der Waals surface area (Å²) in [5.74, 6) is -1.37. The van der Waals surface area contributed by atoms with E-state index in [1.807, 2.05) is 6.07 Å². The number of hydrogen-bond donors (Lipinski definition) is 0. The molecule has 0 fully saturated rings. The first kappa shape index (κ1) is 25.0. The fourth-order valence-corrected chi connectivity index (χ4v) is 4.76. The van der Waals surface area contributed by atoms with Gasteiger partial charge in [-0.05, 0) is 42.5 Å². The molecule has 0 saturated carbocycles. The molecule has 176 valence electrons. The number of carbonyl (C=O) groups is 2. The average Bonchev–Trinajstić information content (AvgIpc) is 2.86. The van der Waals surface area contributed by atoms with E-state index < -0.39 is 28.5 Å². The van der Waals surface area contributed by atoms with Gasteiger partial charge < -0.3 is 9.64 Å². The summed E-state index contributed by atoms with van der Waals surface area (Å²) >= 11 is 6.15. The molecule has 34 heavy (non-hydrogen) atoms. The van der Waals surface area contributed by atoms with E-state index in [0.29, 0.717) is 11.4 Å². The maximum atomic E-state index is 13.3. The van der Waals surface area contributed by atoms with Crippen molar-refractivity contribution in [2.75, 3.05) is 29.4 Å². The van der Waals surface area contributed by atoms with E-state index in [4.69, 9.17) is 16.3 Å². The summed E-state index contributed by atoms with van der Waals surface area (Å²) < 4.78 is 33.0. The fourth-order valence-electron chi connectivity index (χ4n) is 3.10. The van der Waals surface area contributed by atoms with Gasteiger partial charge in [0.2, 0.25) is 0 Å². The van der Waals surface area contributed by atoms with Crippen LogP contribution in [0.3, 0.4) is 0 Å². The molecule has 0 bridgehead atoms. The molecule has 0 spiro atoms. The van der Waals surface area contributed by atoms with Crippen molar-refractivity contribution in [1.82, 2.24) is 0 Å². The number of benzene rings is 3. The van der Waals surface area contributed by atoms with Crippen molar-refractivity contribution >= 4 is 44.9 Å². The number of halogens is 1. The van der Waals surface area contributed by atoms with Crippen LogP contribution < -0.4 is 9.21 Å². The third kappa shape index (κ3) is 5.65. The monoisotopic (exact) mass is 498 g/mol. The number of likely N-dealkylation sites (N-methyl/N-ethyl adjacent to an activating group) is 1. The Kier molecular flexibility index (Phi) is 8.09. The third-order valence-corrected chi connectivity index (χ3v) is 7.05. The molecule has 0 radical (unpaired) electrons. The lowest BCUT2D eigenvalue weighted by Gasteiger charge is -2.23. The van der Waals surface area contributed by atoms with Crippen molar-refractivity contribution in [1.29, 1.82) is 0 Å². The number of anilines is 2. The van der Waals surface area contributed by atoms with Crippen LogP contribution in [-0.2, 0) is 19.6 Å². The van der Waals surface area contributed by atoms with Crippen molar-refractivity contribution in [2.24, 2.45) is 0 Å². The van der Waals surface area contributed by atoms with Crippen LogP contribution in [-0.4, -0.2) is 40.5 Å². The zero-order chi connectivity index (χ0) is 24.7. The molecule has 0 heterocycles. The Balaban J connectivity index is 1.81. The molecule has 0 unspecified atom stereocenters. The van der Waals surface area contributed by atoms with Crippen LogP contribution >= 0.6 is 11.6 Å². The molecule has 3 rings (SSSR count). The van der Waals surface area contributed by atoms with Gasteiger partial charge >= 0.3 is 5.97 Å². The van der Waals surface area contributed by atoms with Gasteiger partial charge in [-0.3, -0.25) is 9.10 Å². The van der Waals surface area contributed by atoms with E-state index in [1.165, 1.54) is 23.1 Å². The minimum absolute atomic E-state index is 0.00259. The first-order chi connectivity index (χ1) is 16.3. The number of amides is 1. The summed E-state index contributed by atoms with van der Waals surface area (Å²) in [5, 5.41) is 0.00259. The number of hydrogen-bond acceptors (Lipinski definition) is 5. The van der Waals surface area contributed by atoms with Crippen molar-refractivity contribution in [3.63, 3.8) is 0 Å². The topological polar surface area (TPSA) is 84.0 Å². The van der Waals surface area contributed by atoms with Gasteiger partial charge in [-0.15, -0.1) is 6.58 Å². The van der Waals surface area contributed by atoms with Gasteiger partial charge in [-0.2, -0.15) is 0 Å². The van der Waals surface area contributed by atoms with Gasteiger partial charge in [-0.25, -0.2) is 13.2 Å². The molecule has 0 atom stereocenters. The van der Waals surface area contributed by atoms with E-state index in [-0.39, 0.29) is 22.0 Å². The smallest absolute Gasteiger partial charge is 0.340 e. The number of nitrogens with zero attached hydrogens (tertiary/aromatic N) is 2. The molecule has 0 aromatic heterocycles. The first-order valence-corrected chi connectivity index (χ1v) is 12.0. The molecule has 7 nitrogen and oxygen atoms in total. The Morgan fingerprint density at radius 2 is 1.56 bits per heavy atom. The third-order valence-electron chi connectivity index (χ3n) is 4.93. The Labute approximate surface area is 203 Å². The normalized spacial score (nSPS) is 10.9. The molecular formula is C25H23ClN2O5S. The Hall–Kier alpha value is -3.62. The number of ether oxygens (including phenoxy) is 1. The highest BCUT2D eigenvalue weighted by Gasteiger charge is 2.26. The Morgan fingerprint density at radius 1 is 0.971 bits per heavy atom. The molecule has 0 aliphatic heterocycles. The number of rotatable bonds is 9. The van der Waals surface area contributed by atoms with E-state index in [1.54, 1.807) is 61.6 Å². The van der Waals surface area contributed by atoms with E-state index in [0.717, 1.165) is 10.4 Å². The lowest BCUT2D eigenvalue weighted by molar-refractivity contribution is -0.121. The van der Waals surface area contributed by atoms with Crippen LogP contribution in [0.2, 0.25) is 5.02 Å². The van der Waals surface area contributed by atoms with Crippen LogP contribution in [0.1, 0.15) is 10.4 Å². The predicted octanol–water partition coefficient (Wildman–Crippen LogP) is 4.54. The first-order valence-electron chi connectivity index (χ1n) is 10.2. The molecule has 9 heteroatoms. The molecule has 3 aromatic rings. The molecule has 0 aliphatic carbocycles. The number of sulfonamides is 1. The highest BCUT2D eigenvalue weighted by atomic mass is 35.5. The average molecular weight is 499 g/mol. The summed E-state index contributed by atoms with van der Waals surface area (Å²) in [6, 6.07) is 21.1. The second-order valence-corrected chi connectivity index (χ2v) is 9.44. The summed E-state index contributed by atoms with van der Waals surface area (Å²) in [6.45, 7) is 3.12. The van der Waals surface area contributed by atoms with Crippen molar-refractivity contribution in [2.45, 2.75) is 4.90 Å². The van der Waals surface area contributed by atoms with Crippen LogP contribution in [0, 0.1) is 0 Å². The zero-order valence-electron chi connectivity index (χ0n) is 18.4. The highest BCUT2D eigenvalue weighted by Crippen LogP contribution is 2.27. The molecule has 0 saturated heterocycles. The molecular weight excluding hydrogens is 476 g/mol. The summed E-state index contributed by atoms with van der Waals surface area (Å²) in [5.41, 5.74) is 0.915. The Bertz CT molecular complexity index is 1280. The highest BCUT2D eigenvalue weighted by molar-refractivity contribution is 7.92. The standard InChI is InChI=1S/C25H23ClN2O5S/c1-3-16-28(20-12-8-5-9-13-20)34(31,32)21-14-15-23(26)22(17-21)25(30)33-18-24(29)27(2)19-10-6-4-7-11-19/h3-15,17H,1,16,18H2,2H3. The van der Waals surface area contributed by atoms with Crippen LogP contribution in [0.15, 0.2) is 96.4 Å². The molecule has 0 N–H and O–H groups in total. The quantitative estimate of drug-likeness (QED) is 0.319. The SMILES string of the molecule is C=CCN(c1ccccc1)S(=O)(=O)c1ccc(Cl)c(C(=O)OCC(=O)N(C)c2ccccc2)c1. The maximum absolute atomic E-state index is 13.3. The van der Waals surface area contributed by atoms with Crippen LogP contribution in [0.4, 0.5) is 11.4 Å². The van der Waals surface area contributed by atoms with E-state index in [9.17, 15) is 18.0 Å². The lowest BCUT2D eigenvalue weighted by atomic mass is 10.2. The van der Waals surface area contributed by atoms with E-state index >= 15 is 0 Å². The van der Waals surface area contributed by atoms with Gasteiger partial charge in [-0.1, -0.05) is 54.1 Å². The summed E-state index contributed by atoms with van der Waals surface area (Å²) in [4.78, 5) is 26.3. The number of para-hydroxylation sites is 2. The van der Waals surface area contributed by atoms with Crippen molar-refractivity contribution in [3.05, 3.63) is 102 Å². The van der Waals surface area contributed by atoms with Crippen LogP contribution in [0.25, 0.3) is 0 Å². The Morgan fingerprint density at radius 3 is 2.15 bits per heavy atom. The van der Waals surface area contributed by atoms with E-state index in [2.05, 4.69) is 6.58 Å². The van der Waals surface area contributed by atoms with Crippen LogP contribution in [0.5, 0.6) is 0 Å². The number of carbonyl (C=O) groups excluding carboxylic acids is 2. The predicted molar refractivity (Wildman–Crippen MR) is 133 cm³/mol. The molecule has 0 aliphatic rings. The van der Waals surface area contributed by atoms with Gasteiger partial charge in [0, 0.05) is 12.7 Å². The van der Waals surface area contributed by atoms with Gasteiger partial charge in [0.15, 0.2) is 6.61 Å². The largest absolute Gasteiger partial charge is 0.452 e. The maximum Gasteiger partial charge on any atom is 0.340 e. The molecule has 3 aromatic carbocycles. The minimum Gasteiger partial charge on any atom is -0.452 e. The summed E-state index contributed by atoms with van der Waals surface area (Å²) in [6.07, 6.45) is 1.46. The van der Waals surface area contributed by atoms with Gasteiger partial charge in [0.1, 0.15) is 0 Å². The lowest BCUT2D eigenvalue weighted by Crippen LogP contribution is -2.32. The van der Waals surface area contributed by atoms with Gasteiger partial charge in [0.25, 0.3) is 15.9 Å².